The predicted molar refractivity (Wildman–Crippen MR) is 72.6 cm³/mol. The number of halogens is 1. The Bertz CT molecular complexity index is 525. The molecule has 2 rings (SSSR count). The van der Waals surface area contributed by atoms with Crippen molar-refractivity contribution in [2.24, 2.45) is 5.73 Å². The van der Waals surface area contributed by atoms with Crippen molar-refractivity contribution in [2.45, 2.75) is 0 Å². The third kappa shape index (κ3) is 3.33. The zero-order valence-corrected chi connectivity index (χ0v) is 9.24. The Labute approximate surface area is 127 Å². The summed E-state index contributed by atoms with van der Waals surface area (Å²) in [7, 11) is 0. The normalized spacial score (nSPS) is 9.47. The van der Waals surface area contributed by atoms with Gasteiger partial charge in [-0.05, 0) is 29.3 Å². The van der Waals surface area contributed by atoms with Crippen molar-refractivity contribution in [1.82, 2.24) is 0 Å². The summed E-state index contributed by atoms with van der Waals surface area (Å²) >= 11 is 5.81. The third-order valence-electron chi connectivity index (χ3n) is 2.35. The van der Waals surface area contributed by atoms with E-state index in [2.05, 4.69) is 0 Å². The second-order valence-corrected chi connectivity index (χ2v) is 3.85. The van der Waals surface area contributed by atoms with Gasteiger partial charge in [0.1, 0.15) is 0 Å². The van der Waals surface area contributed by atoms with Gasteiger partial charge in [-0.1, -0.05) is 41.9 Å². The fourth-order valence-electron chi connectivity index (χ4n) is 1.58. The van der Waals surface area contributed by atoms with E-state index in [1.165, 1.54) is 0 Å². The van der Waals surface area contributed by atoms with Crippen LogP contribution in [0.1, 0.15) is 10.4 Å². The summed E-state index contributed by atoms with van der Waals surface area (Å²) in [6, 6.07) is 14.5. The van der Waals surface area contributed by atoms with E-state index in [9.17, 15) is 4.79 Å². The zero-order chi connectivity index (χ0) is 11.5. The van der Waals surface area contributed by atoms with Crippen LogP contribution in [-0.2, 0) is 0 Å². The molecule has 82 valence electrons. The first-order valence-corrected chi connectivity index (χ1v) is 5.21. The number of primary amides is 1. The van der Waals surface area contributed by atoms with Crippen molar-refractivity contribution in [3.05, 3.63) is 59.1 Å². The van der Waals surface area contributed by atoms with Crippen LogP contribution in [0, 0.1) is 0 Å². The molecule has 2 nitrogen and oxygen atoms in total. The van der Waals surface area contributed by atoms with E-state index in [0.29, 0.717) is 10.6 Å². The second-order valence-electron chi connectivity index (χ2n) is 3.42. The fraction of sp³-hybridized carbons (Fsp3) is 0. The van der Waals surface area contributed by atoms with Gasteiger partial charge in [-0.3, -0.25) is 4.79 Å². The summed E-state index contributed by atoms with van der Waals surface area (Å²) in [4.78, 5) is 11.3. The molecule has 0 bridgehead atoms. The topological polar surface area (TPSA) is 43.1 Å². The van der Waals surface area contributed by atoms with Gasteiger partial charge in [0.15, 0.2) is 0 Å². The van der Waals surface area contributed by atoms with E-state index in [1.807, 2.05) is 24.3 Å². The van der Waals surface area contributed by atoms with Gasteiger partial charge in [-0.25, -0.2) is 0 Å². The molecule has 1 amide bonds. The standard InChI is InChI=1S/C13H10ClNO.Na.H/c14-10-7-5-9(6-8-10)11-3-1-2-4-12(11)13(15)16;;/h1-8H,(H2,15,16);;. The van der Waals surface area contributed by atoms with E-state index in [4.69, 9.17) is 17.3 Å². The van der Waals surface area contributed by atoms with Crippen molar-refractivity contribution in [1.29, 1.82) is 0 Å². The first-order valence-electron chi connectivity index (χ1n) is 4.83. The summed E-state index contributed by atoms with van der Waals surface area (Å²) in [5.74, 6) is -0.425. The average molecular weight is 256 g/mol. The first-order chi connectivity index (χ1) is 7.68. The summed E-state index contributed by atoms with van der Waals surface area (Å²) in [5, 5.41) is 0.667. The Morgan fingerprint density at radius 2 is 1.59 bits per heavy atom. The van der Waals surface area contributed by atoms with Crippen LogP contribution in [-0.4, -0.2) is 35.5 Å². The molecule has 0 fully saturated rings. The molecule has 2 N–H and O–H groups in total. The SMILES string of the molecule is NC(=O)c1ccccc1-c1ccc(Cl)cc1.[NaH]. The summed E-state index contributed by atoms with van der Waals surface area (Å²) in [5.41, 5.74) is 7.59. The van der Waals surface area contributed by atoms with E-state index in [-0.39, 0.29) is 29.6 Å². The molecule has 0 spiro atoms. The second kappa shape index (κ2) is 6.22. The molecule has 0 aliphatic rings. The number of nitrogens with two attached hydrogens (primary N) is 1. The maximum atomic E-state index is 11.3. The Kier molecular flexibility index (Phi) is 5.22. The molecule has 0 unspecified atom stereocenters. The average Bonchev–Trinajstić information content (AvgIpc) is 2.30. The number of hydrogen-bond acceptors (Lipinski definition) is 1. The van der Waals surface area contributed by atoms with Crippen LogP contribution >= 0.6 is 11.6 Å². The molecule has 0 aromatic heterocycles. The molecule has 0 saturated heterocycles. The molecule has 0 atom stereocenters. The van der Waals surface area contributed by atoms with Crippen molar-refractivity contribution in [3.63, 3.8) is 0 Å². The first kappa shape index (κ1) is 14.3. The van der Waals surface area contributed by atoms with Crippen LogP contribution in [0.4, 0.5) is 0 Å². The summed E-state index contributed by atoms with van der Waals surface area (Å²) in [6.45, 7) is 0. The quantitative estimate of drug-likeness (QED) is 0.823. The Morgan fingerprint density at radius 3 is 2.18 bits per heavy atom. The van der Waals surface area contributed by atoms with Crippen LogP contribution in [0.3, 0.4) is 0 Å². The number of benzene rings is 2. The van der Waals surface area contributed by atoms with E-state index in [1.54, 1.807) is 24.3 Å². The third-order valence-corrected chi connectivity index (χ3v) is 2.60. The van der Waals surface area contributed by atoms with Crippen molar-refractivity contribution in [2.75, 3.05) is 0 Å². The Morgan fingerprint density at radius 1 is 1.00 bits per heavy atom. The van der Waals surface area contributed by atoms with Gasteiger partial charge in [0, 0.05) is 10.6 Å². The molecule has 2 aromatic rings. The Hall–Kier alpha value is -0.800. The van der Waals surface area contributed by atoms with Crippen molar-refractivity contribution >= 4 is 47.1 Å². The molecule has 2 aromatic carbocycles. The van der Waals surface area contributed by atoms with Crippen LogP contribution in [0.25, 0.3) is 11.1 Å². The minimum atomic E-state index is -0.425. The molecule has 0 aliphatic carbocycles. The minimum absolute atomic E-state index is 0. The molecule has 4 heteroatoms. The predicted octanol–water partition coefficient (Wildman–Crippen LogP) is 2.46. The van der Waals surface area contributed by atoms with Gasteiger partial charge in [-0.15, -0.1) is 0 Å². The van der Waals surface area contributed by atoms with Gasteiger partial charge in [-0.2, -0.15) is 0 Å². The molecule has 0 aliphatic heterocycles. The van der Waals surface area contributed by atoms with Gasteiger partial charge >= 0.3 is 29.6 Å². The Balaban J connectivity index is 0.00000144. The van der Waals surface area contributed by atoms with Crippen molar-refractivity contribution < 1.29 is 4.79 Å². The number of amides is 1. The molecule has 0 saturated carbocycles. The number of hydrogen-bond donors (Lipinski definition) is 1. The van der Waals surface area contributed by atoms with Gasteiger partial charge in [0.2, 0.25) is 5.91 Å². The number of rotatable bonds is 2. The van der Waals surface area contributed by atoms with Crippen LogP contribution in [0.15, 0.2) is 48.5 Å². The van der Waals surface area contributed by atoms with Crippen LogP contribution in [0.5, 0.6) is 0 Å². The van der Waals surface area contributed by atoms with Crippen LogP contribution in [0.2, 0.25) is 5.02 Å². The monoisotopic (exact) mass is 255 g/mol. The van der Waals surface area contributed by atoms with Crippen LogP contribution < -0.4 is 5.73 Å². The molecule has 17 heavy (non-hydrogen) atoms. The maximum absolute atomic E-state index is 11.3. The summed E-state index contributed by atoms with van der Waals surface area (Å²) < 4.78 is 0. The van der Waals surface area contributed by atoms with E-state index < -0.39 is 5.91 Å². The van der Waals surface area contributed by atoms with Gasteiger partial charge < -0.3 is 5.73 Å². The van der Waals surface area contributed by atoms with Gasteiger partial charge in [0.05, 0.1) is 0 Å². The zero-order valence-electron chi connectivity index (χ0n) is 8.48. The fourth-order valence-corrected chi connectivity index (χ4v) is 1.71. The number of carbonyl (C=O) groups excluding carboxylic acids is 1. The van der Waals surface area contributed by atoms with Gasteiger partial charge in [0.25, 0.3) is 0 Å². The molecular weight excluding hydrogens is 245 g/mol. The number of carbonyl (C=O) groups is 1. The molecule has 0 radical (unpaired) electrons. The summed E-state index contributed by atoms with van der Waals surface area (Å²) in [6.07, 6.45) is 0. The molecular formula is C13H11ClNNaO. The van der Waals surface area contributed by atoms with E-state index in [0.717, 1.165) is 11.1 Å². The van der Waals surface area contributed by atoms with E-state index >= 15 is 0 Å². The van der Waals surface area contributed by atoms with Crippen molar-refractivity contribution in [3.8, 4) is 11.1 Å². The molecule has 0 heterocycles.